The van der Waals surface area contributed by atoms with Crippen molar-refractivity contribution in [3.63, 3.8) is 0 Å². The Bertz CT molecular complexity index is 1030. The molecule has 2 aliphatic rings. The van der Waals surface area contributed by atoms with Crippen molar-refractivity contribution in [3.05, 3.63) is 95.6 Å². The number of piperidine rings is 1. The Morgan fingerprint density at radius 1 is 1.03 bits per heavy atom. The van der Waals surface area contributed by atoms with Crippen LogP contribution in [0.4, 0.5) is 0 Å². The van der Waals surface area contributed by atoms with E-state index in [2.05, 4.69) is 0 Å². The molecule has 146 valence electrons. The molecule has 3 aromatic carbocycles. The lowest BCUT2D eigenvalue weighted by Gasteiger charge is -2.48. The van der Waals surface area contributed by atoms with Crippen LogP contribution in [0.5, 0.6) is 11.5 Å². The molecule has 1 saturated heterocycles. The third-order valence-corrected chi connectivity index (χ3v) is 5.94. The van der Waals surface area contributed by atoms with E-state index in [4.69, 9.17) is 9.47 Å². The number of carbonyl (C=O) groups excluding carboxylic acids is 1. The maximum atomic E-state index is 13.5. The summed E-state index contributed by atoms with van der Waals surface area (Å²) in [6.07, 6.45) is 0.636. The van der Waals surface area contributed by atoms with Crippen molar-refractivity contribution in [2.75, 3.05) is 13.6 Å². The minimum absolute atomic E-state index is 0.0125. The molecular formula is C25H23NO3. The van der Waals surface area contributed by atoms with Crippen LogP contribution in [0.1, 0.15) is 23.1 Å². The Hall–Kier alpha value is -3.27. The summed E-state index contributed by atoms with van der Waals surface area (Å²) in [5.74, 6) is 1.63. The quantitative estimate of drug-likeness (QED) is 0.676. The molecule has 2 heterocycles. The molecular weight excluding hydrogens is 362 g/mol. The molecule has 4 heteroatoms. The molecule has 2 aliphatic heterocycles. The average Bonchev–Trinajstić information content (AvgIpc) is 2.77. The van der Waals surface area contributed by atoms with E-state index < -0.39 is 5.41 Å². The molecule has 2 bridgehead atoms. The van der Waals surface area contributed by atoms with Crippen molar-refractivity contribution in [1.29, 1.82) is 0 Å². The van der Waals surface area contributed by atoms with Crippen LogP contribution in [0.25, 0.3) is 0 Å². The van der Waals surface area contributed by atoms with E-state index in [1.807, 2.05) is 85.9 Å². The van der Waals surface area contributed by atoms with Gasteiger partial charge in [-0.05, 0) is 29.3 Å². The van der Waals surface area contributed by atoms with Gasteiger partial charge in [0.05, 0.1) is 6.54 Å². The van der Waals surface area contributed by atoms with Gasteiger partial charge in [0.1, 0.15) is 29.6 Å². The lowest BCUT2D eigenvalue weighted by molar-refractivity contribution is -0.142. The van der Waals surface area contributed by atoms with Crippen LogP contribution in [-0.2, 0) is 16.8 Å². The van der Waals surface area contributed by atoms with Gasteiger partial charge in [-0.3, -0.25) is 4.79 Å². The molecule has 0 saturated carbocycles. The highest BCUT2D eigenvalue weighted by molar-refractivity contribution is 5.94. The molecule has 5 rings (SSSR count). The minimum atomic E-state index is -0.737. The lowest BCUT2D eigenvalue weighted by atomic mass is 9.66. The number of likely N-dealkylation sites (tertiary alicyclic amines) is 1. The van der Waals surface area contributed by atoms with E-state index in [0.717, 1.165) is 28.2 Å². The smallest absolute Gasteiger partial charge is 0.237 e. The van der Waals surface area contributed by atoms with Crippen molar-refractivity contribution in [3.8, 4) is 11.5 Å². The molecule has 0 N–H and O–H groups in total. The second-order valence-corrected chi connectivity index (χ2v) is 7.83. The second kappa shape index (κ2) is 6.96. The number of fused-ring (bicyclic) bond motifs is 4. The van der Waals surface area contributed by atoms with Gasteiger partial charge in [-0.15, -0.1) is 0 Å². The van der Waals surface area contributed by atoms with Gasteiger partial charge in [0.25, 0.3) is 0 Å². The maximum absolute atomic E-state index is 13.5. The van der Waals surface area contributed by atoms with Crippen LogP contribution < -0.4 is 9.47 Å². The minimum Gasteiger partial charge on any atom is -0.489 e. The summed E-state index contributed by atoms with van der Waals surface area (Å²) in [7, 11) is 1.86. The molecule has 0 spiro atoms. The molecule has 2 atom stereocenters. The largest absolute Gasteiger partial charge is 0.489 e. The molecule has 29 heavy (non-hydrogen) atoms. The predicted molar refractivity (Wildman–Crippen MR) is 111 cm³/mol. The standard InChI is InChI=1S/C25H23NO3/c1-26-16-21-15-25(24(26)27,19-10-6-3-7-11-19)22-14-20(12-13-23(22)29-21)28-17-18-8-4-2-5-9-18/h2-14,21H,15-17H2,1H3. The highest BCUT2D eigenvalue weighted by Gasteiger charge is 2.53. The molecule has 2 unspecified atom stereocenters. The van der Waals surface area contributed by atoms with E-state index in [1.54, 1.807) is 4.90 Å². The molecule has 0 radical (unpaired) electrons. The number of rotatable bonds is 4. The van der Waals surface area contributed by atoms with Crippen molar-refractivity contribution >= 4 is 5.91 Å². The van der Waals surface area contributed by atoms with Gasteiger partial charge in [0, 0.05) is 19.0 Å². The van der Waals surface area contributed by atoms with E-state index in [9.17, 15) is 4.79 Å². The monoisotopic (exact) mass is 385 g/mol. The van der Waals surface area contributed by atoms with Gasteiger partial charge in [0.2, 0.25) is 5.91 Å². The topological polar surface area (TPSA) is 38.8 Å². The Labute approximate surface area is 170 Å². The highest BCUT2D eigenvalue weighted by atomic mass is 16.5. The summed E-state index contributed by atoms with van der Waals surface area (Å²) in [6, 6.07) is 26.0. The van der Waals surface area contributed by atoms with E-state index >= 15 is 0 Å². The SMILES string of the molecule is CN1CC2CC(c3ccccc3)(C1=O)c1cc(OCc3ccccc3)ccc1O2. The first-order valence-electron chi connectivity index (χ1n) is 9.96. The van der Waals surface area contributed by atoms with Gasteiger partial charge < -0.3 is 14.4 Å². The number of hydrogen-bond acceptors (Lipinski definition) is 3. The molecule has 4 nitrogen and oxygen atoms in total. The van der Waals surface area contributed by atoms with Crippen LogP contribution >= 0.6 is 0 Å². The van der Waals surface area contributed by atoms with Gasteiger partial charge in [-0.25, -0.2) is 0 Å². The molecule has 1 amide bonds. The van der Waals surface area contributed by atoms with Crippen molar-refractivity contribution in [2.45, 2.75) is 24.5 Å². The molecule has 1 fully saturated rings. The number of benzene rings is 3. The fraction of sp³-hybridized carbons (Fsp3) is 0.240. The summed E-state index contributed by atoms with van der Waals surface area (Å²) in [5, 5.41) is 0. The molecule has 3 aromatic rings. The maximum Gasteiger partial charge on any atom is 0.237 e. The Balaban J connectivity index is 1.58. The lowest BCUT2D eigenvalue weighted by Crippen LogP contribution is -2.59. The van der Waals surface area contributed by atoms with Crippen molar-refractivity contribution in [2.24, 2.45) is 0 Å². The predicted octanol–water partition coefficient (Wildman–Crippen LogP) is 4.17. The van der Waals surface area contributed by atoms with E-state index in [0.29, 0.717) is 19.6 Å². The molecule has 0 aliphatic carbocycles. The van der Waals surface area contributed by atoms with Gasteiger partial charge >= 0.3 is 0 Å². The fourth-order valence-corrected chi connectivity index (χ4v) is 4.59. The first-order valence-corrected chi connectivity index (χ1v) is 9.96. The van der Waals surface area contributed by atoms with Gasteiger partial charge in [-0.1, -0.05) is 60.7 Å². The second-order valence-electron chi connectivity index (χ2n) is 7.83. The number of amides is 1. The first kappa shape index (κ1) is 17.8. The van der Waals surface area contributed by atoms with Gasteiger partial charge in [0.15, 0.2) is 0 Å². The third kappa shape index (κ3) is 2.96. The summed E-state index contributed by atoms with van der Waals surface area (Å²) in [5.41, 5.74) is 2.26. The van der Waals surface area contributed by atoms with Crippen LogP contribution in [0, 0.1) is 0 Å². The number of likely N-dealkylation sites (N-methyl/N-ethyl adjacent to an activating group) is 1. The average molecular weight is 385 g/mol. The number of hydrogen-bond donors (Lipinski definition) is 0. The van der Waals surface area contributed by atoms with E-state index in [-0.39, 0.29) is 12.0 Å². The van der Waals surface area contributed by atoms with Crippen LogP contribution in [0.2, 0.25) is 0 Å². The Kier molecular flexibility index (Phi) is 4.27. The zero-order chi connectivity index (χ0) is 19.8. The summed E-state index contributed by atoms with van der Waals surface area (Å²) in [6.45, 7) is 1.09. The number of carbonyl (C=O) groups is 1. The normalized spacial score (nSPS) is 22.6. The van der Waals surface area contributed by atoms with Crippen molar-refractivity contribution < 1.29 is 14.3 Å². The Morgan fingerprint density at radius 2 is 1.76 bits per heavy atom. The first-order chi connectivity index (χ1) is 14.2. The highest BCUT2D eigenvalue weighted by Crippen LogP contribution is 2.50. The zero-order valence-electron chi connectivity index (χ0n) is 16.4. The zero-order valence-corrected chi connectivity index (χ0v) is 16.4. The van der Waals surface area contributed by atoms with Gasteiger partial charge in [-0.2, -0.15) is 0 Å². The van der Waals surface area contributed by atoms with Crippen LogP contribution in [0.3, 0.4) is 0 Å². The number of nitrogens with zero attached hydrogens (tertiary/aromatic N) is 1. The fourth-order valence-electron chi connectivity index (χ4n) is 4.59. The van der Waals surface area contributed by atoms with Crippen LogP contribution in [-0.4, -0.2) is 30.5 Å². The third-order valence-electron chi connectivity index (χ3n) is 5.94. The van der Waals surface area contributed by atoms with Crippen molar-refractivity contribution in [1.82, 2.24) is 4.90 Å². The summed E-state index contributed by atoms with van der Waals surface area (Å²) < 4.78 is 12.3. The Morgan fingerprint density at radius 3 is 2.52 bits per heavy atom. The summed E-state index contributed by atoms with van der Waals surface area (Å²) in [4.78, 5) is 15.3. The van der Waals surface area contributed by atoms with E-state index in [1.165, 1.54) is 0 Å². The molecule has 0 aromatic heterocycles. The summed E-state index contributed by atoms with van der Waals surface area (Å²) >= 11 is 0. The van der Waals surface area contributed by atoms with Crippen LogP contribution in [0.15, 0.2) is 78.9 Å². The number of ether oxygens (including phenoxy) is 2.